The lowest BCUT2D eigenvalue weighted by Gasteiger charge is -2.24. The third-order valence-electron chi connectivity index (χ3n) is 4.80. The van der Waals surface area contributed by atoms with Crippen LogP contribution >= 0.6 is 15.9 Å². The highest BCUT2D eigenvalue weighted by molar-refractivity contribution is 9.09. The molecular formula is C19H21BrFNO3. The summed E-state index contributed by atoms with van der Waals surface area (Å²) < 4.78 is 18.9. The maximum Gasteiger partial charge on any atom is 0.250 e. The van der Waals surface area contributed by atoms with Crippen molar-refractivity contribution in [3.63, 3.8) is 0 Å². The first-order chi connectivity index (χ1) is 12.1. The van der Waals surface area contributed by atoms with Gasteiger partial charge in [0.05, 0.1) is 17.5 Å². The van der Waals surface area contributed by atoms with Crippen molar-refractivity contribution in [1.82, 2.24) is 5.32 Å². The average molecular weight is 410 g/mol. The normalized spacial score (nSPS) is 21.4. The number of ketones is 1. The second kappa shape index (κ2) is 8.23. The van der Waals surface area contributed by atoms with Gasteiger partial charge >= 0.3 is 0 Å². The molecule has 134 valence electrons. The van der Waals surface area contributed by atoms with E-state index >= 15 is 0 Å². The van der Waals surface area contributed by atoms with Crippen LogP contribution in [-0.2, 0) is 14.3 Å². The van der Waals surface area contributed by atoms with Crippen LogP contribution in [0, 0.1) is 5.82 Å². The molecule has 1 amide bonds. The molecule has 2 aliphatic rings. The van der Waals surface area contributed by atoms with Gasteiger partial charge in [0, 0.05) is 11.6 Å². The predicted octanol–water partition coefficient (Wildman–Crippen LogP) is 3.61. The largest absolute Gasteiger partial charge is 0.364 e. The third-order valence-corrected chi connectivity index (χ3v) is 5.31. The fraction of sp³-hybridized carbons (Fsp3) is 0.474. The van der Waals surface area contributed by atoms with Crippen LogP contribution in [0.3, 0.4) is 0 Å². The minimum atomic E-state index is -0.637. The summed E-state index contributed by atoms with van der Waals surface area (Å²) in [5, 5.41) is 3.20. The molecule has 0 radical (unpaired) electrons. The van der Waals surface area contributed by atoms with Crippen LogP contribution in [0.15, 0.2) is 35.4 Å². The van der Waals surface area contributed by atoms with E-state index in [0.717, 1.165) is 25.7 Å². The predicted molar refractivity (Wildman–Crippen MR) is 95.9 cm³/mol. The molecule has 1 heterocycles. The Balaban J connectivity index is 1.87. The number of ether oxygens (including phenoxy) is 1. The maximum absolute atomic E-state index is 13.2. The molecule has 4 nitrogen and oxygen atoms in total. The monoisotopic (exact) mass is 409 g/mol. The molecule has 25 heavy (non-hydrogen) atoms. The van der Waals surface area contributed by atoms with Crippen molar-refractivity contribution in [2.24, 2.45) is 0 Å². The molecule has 0 bridgehead atoms. The van der Waals surface area contributed by atoms with Crippen LogP contribution < -0.4 is 5.32 Å². The van der Waals surface area contributed by atoms with Gasteiger partial charge in [0.25, 0.3) is 5.91 Å². The van der Waals surface area contributed by atoms with Crippen molar-refractivity contribution in [2.75, 3.05) is 11.9 Å². The number of halogens is 2. The molecule has 6 heteroatoms. The Morgan fingerprint density at radius 3 is 2.48 bits per heavy atom. The number of rotatable bonds is 5. The minimum absolute atomic E-state index is 0.0971. The maximum atomic E-state index is 13.2. The van der Waals surface area contributed by atoms with Crippen molar-refractivity contribution in [3.8, 4) is 0 Å². The molecule has 3 rings (SSSR count). The quantitative estimate of drug-likeness (QED) is 0.755. The zero-order valence-corrected chi connectivity index (χ0v) is 15.5. The van der Waals surface area contributed by atoms with Gasteiger partial charge < -0.3 is 10.1 Å². The van der Waals surface area contributed by atoms with Crippen molar-refractivity contribution in [3.05, 3.63) is 46.8 Å². The first-order valence-corrected chi connectivity index (χ1v) is 9.72. The summed E-state index contributed by atoms with van der Waals surface area (Å²) in [6, 6.07) is 5.99. The molecular weight excluding hydrogens is 389 g/mol. The highest BCUT2D eigenvalue weighted by atomic mass is 79.9. The fourth-order valence-electron chi connectivity index (χ4n) is 3.46. The molecule has 1 N–H and O–H groups in total. The second-order valence-electron chi connectivity index (χ2n) is 6.50. The lowest BCUT2D eigenvalue weighted by Crippen LogP contribution is -2.38. The number of alkyl halides is 1. The van der Waals surface area contributed by atoms with E-state index in [0.29, 0.717) is 16.7 Å². The van der Waals surface area contributed by atoms with Crippen LogP contribution in [0.2, 0.25) is 0 Å². The molecule has 1 aliphatic heterocycles. The van der Waals surface area contributed by atoms with Gasteiger partial charge in [-0.15, -0.1) is 0 Å². The standard InChI is InChI=1S/C19H21BrFNO3/c20-10-16(23)15-11-25-18(12-6-8-13(21)9-7-12)17(15)19(24)22-14-4-2-1-3-5-14/h6-9,14,18H,1-5,10-11H2,(H,22,24). The van der Waals surface area contributed by atoms with E-state index < -0.39 is 6.10 Å². The number of hydrogen-bond acceptors (Lipinski definition) is 3. The van der Waals surface area contributed by atoms with E-state index in [1.807, 2.05) is 0 Å². The van der Waals surface area contributed by atoms with Crippen LogP contribution in [0.25, 0.3) is 0 Å². The average Bonchev–Trinajstić information content (AvgIpc) is 3.07. The summed E-state index contributed by atoms with van der Waals surface area (Å²) in [7, 11) is 0. The summed E-state index contributed by atoms with van der Waals surface area (Å²) in [5.41, 5.74) is 1.44. The number of Topliss-reactive ketones (excluding diaryl/α,β-unsaturated/α-hetero) is 1. The zero-order valence-electron chi connectivity index (χ0n) is 13.9. The number of nitrogens with one attached hydrogen (secondary N) is 1. The Morgan fingerprint density at radius 1 is 1.16 bits per heavy atom. The highest BCUT2D eigenvalue weighted by Gasteiger charge is 2.36. The zero-order chi connectivity index (χ0) is 17.8. The molecule has 1 aliphatic carbocycles. The smallest absolute Gasteiger partial charge is 0.250 e. The Labute approximate surface area is 154 Å². The van der Waals surface area contributed by atoms with E-state index in [-0.39, 0.29) is 35.5 Å². The highest BCUT2D eigenvalue weighted by Crippen LogP contribution is 2.35. The fourth-order valence-corrected chi connectivity index (χ4v) is 3.80. The van der Waals surface area contributed by atoms with Gasteiger partial charge in [-0.1, -0.05) is 47.3 Å². The molecule has 1 atom stereocenters. The number of benzene rings is 1. The molecule has 1 fully saturated rings. The SMILES string of the molecule is O=C(CBr)C1=C(C(=O)NC2CCCCC2)C(c2ccc(F)cc2)OC1. The van der Waals surface area contributed by atoms with Gasteiger partial charge in [-0.25, -0.2) is 4.39 Å². The van der Waals surface area contributed by atoms with Crippen LogP contribution in [0.5, 0.6) is 0 Å². The minimum Gasteiger partial charge on any atom is -0.364 e. The summed E-state index contributed by atoms with van der Waals surface area (Å²) >= 11 is 3.17. The van der Waals surface area contributed by atoms with Gasteiger partial charge in [0.15, 0.2) is 5.78 Å². The van der Waals surface area contributed by atoms with E-state index in [9.17, 15) is 14.0 Å². The molecule has 1 aromatic carbocycles. The number of amides is 1. The third kappa shape index (κ3) is 4.18. The van der Waals surface area contributed by atoms with E-state index in [1.165, 1.54) is 18.6 Å². The van der Waals surface area contributed by atoms with E-state index in [2.05, 4.69) is 21.2 Å². The second-order valence-corrected chi connectivity index (χ2v) is 7.06. The Bertz CT molecular complexity index is 680. The van der Waals surface area contributed by atoms with Gasteiger partial charge in [-0.2, -0.15) is 0 Å². The molecule has 1 saturated carbocycles. The lowest BCUT2D eigenvalue weighted by molar-refractivity contribution is -0.119. The van der Waals surface area contributed by atoms with Gasteiger partial charge in [-0.05, 0) is 30.5 Å². The topological polar surface area (TPSA) is 55.4 Å². The van der Waals surface area contributed by atoms with Crippen molar-refractivity contribution >= 4 is 27.6 Å². The van der Waals surface area contributed by atoms with Gasteiger partial charge in [0.1, 0.15) is 11.9 Å². The van der Waals surface area contributed by atoms with Gasteiger partial charge in [0.2, 0.25) is 0 Å². The lowest BCUT2D eigenvalue weighted by atomic mass is 9.93. The van der Waals surface area contributed by atoms with Gasteiger partial charge in [-0.3, -0.25) is 9.59 Å². The van der Waals surface area contributed by atoms with Crippen molar-refractivity contribution in [2.45, 2.75) is 44.2 Å². The van der Waals surface area contributed by atoms with E-state index in [4.69, 9.17) is 4.74 Å². The molecule has 0 spiro atoms. The van der Waals surface area contributed by atoms with Crippen LogP contribution in [-0.4, -0.2) is 29.7 Å². The van der Waals surface area contributed by atoms with E-state index in [1.54, 1.807) is 12.1 Å². The van der Waals surface area contributed by atoms with Crippen molar-refractivity contribution < 1.29 is 18.7 Å². The first kappa shape index (κ1) is 18.3. The number of carbonyl (C=O) groups is 2. The molecule has 1 aromatic rings. The Morgan fingerprint density at radius 2 is 1.84 bits per heavy atom. The van der Waals surface area contributed by atoms with Crippen LogP contribution in [0.1, 0.15) is 43.8 Å². The molecule has 0 aromatic heterocycles. The molecule has 1 unspecified atom stereocenters. The number of hydrogen-bond donors (Lipinski definition) is 1. The number of carbonyl (C=O) groups excluding carboxylic acids is 2. The van der Waals surface area contributed by atoms with Crippen molar-refractivity contribution in [1.29, 1.82) is 0 Å². The molecule has 0 saturated heterocycles. The summed E-state index contributed by atoms with van der Waals surface area (Å²) in [4.78, 5) is 25.1. The Hall–Kier alpha value is -1.53. The summed E-state index contributed by atoms with van der Waals surface area (Å²) in [6.07, 6.45) is 4.70. The Kier molecular flexibility index (Phi) is 6.02. The summed E-state index contributed by atoms with van der Waals surface area (Å²) in [5.74, 6) is -0.753. The first-order valence-electron chi connectivity index (χ1n) is 8.60. The summed E-state index contributed by atoms with van der Waals surface area (Å²) in [6.45, 7) is 0.0971. The van der Waals surface area contributed by atoms with Crippen LogP contribution in [0.4, 0.5) is 4.39 Å².